The van der Waals surface area contributed by atoms with E-state index in [0.717, 1.165) is 6.42 Å². The van der Waals surface area contributed by atoms with Gasteiger partial charge in [0.15, 0.2) is 0 Å². The Balaban J connectivity index is 2.78. The predicted molar refractivity (Wildman–Crippen MR) is 64.4 cm³/mol. The van der Waals surface area contributed by atoms with E-state index in [2.05, 4.69) is 0 Å². The Labute approximate surface area is 102 Å². The van der Waals surface area contributed by atoms with Crippen LogP contribution in [-0.2, 0) is 9.59 Å². The standard InChI is InChI=1S/C12H22N2O3/c1-8(2)7-9(13)10(15)14-6-4-5-12(14,3)11(16)17/h8-9H,4-7,13H2,1-3H3,(H,16,17)/t9-,12?/m0/s1. The van der Waals surface area contributed by atoms with Crippen molar-refractivity contribution in [3.63, 3.8) is 0 Å². The van der Waals surface area contributed by atoms with Crippen LogP contribution in [0.4, 0.5) is 0 Å². The molecule has 0 bridgehead atoms. The molecule has 0 spiro atoms. The van der Waals surface area contributed by atoms with E-state index in [-0.39, 0.29) is 5.91 Å². The zero-order valence-electron chi connectivity index (χ0n) is 10.8. The molecular formula is C12H22N2O3. The topological polar surface area (TPSA) is 83.6 Å². The third-order valence-electron chi connectivity index (χ3n) is 3.41. The second-order valence-electron chi connectivity index (χ2n) is 5.41. The van der Waals surface area contributed by atoms with Gasteiger partial charge in [-0.1, -0.05) is 13.8 Å². The Morgan fingerprint density at radius 2 is 2.06 bits per heavy atom. The third kappa shape index (κ3) is 2.77. The number of hydrogen-bond acceptors (Lipinski definition) is 3. The van der Waals surface area contributed by atoms with Gasteiger partial charge in [-0.3, -0.25) is 4.79 Å². The lowest BCUT2D eigenvalue weighted by atomic mass is 9.97. The lowest BCUT2D eigenvalue weighted by molar-refractivity contribution is -0.155. The minimum Gasteiger partial charge on any atom is -0.480 e. The molecule has 0 aromatic rings. The average molecular weight is 242 g/mol. The Morgan fingerprint density at radius 3 is 2.53 bits per heavy atom. The molecule has 1 unspecified atom stereocenters. The summed E-state index contributed by atoms with van der Waals surface area (Å²) < 4.78 is 0. The van der Waals surface area contributed by atoms with Gasteiger partial charge in [-0.2, -0.15) is 0 Å². The first-order valence-corrected chi connectivity index (χ1v) is 6.09. The van der Waals surface area contributed by atoms with E-state index in [9.17, 15) is 14.7 Å². The number of carboxylic acids is 1. The van der Waals surface area contributed by atoms with Gasteiger partial charge in [-0.05, 0) is 32.1 Å². The Kier molecular flexibility index (Phi) is 4.14. The van der Waals surface area contributed by atoms with Gasteiger partial charge in [-0.25, -0.2) is 4.79 Å². The molecule has 1 fully saturated rings. The lowest BCUT2D eigenvalue weighted by Gasteiger charge is -2.33. The molecule has 0 aromatic heterocycles. The summed E-state index contributed by atoms with van der Waals surface area (Å²) in [6, 6.07) is -0.591. The minimum atomic E-state index is -1.08. The second kappa shape index (κ2) is 5.04. The highest BCUT2D eigenvalue weighted by Crippen LogP contribution is 2.30. The van der Waals surface area contributed by atoms with Crippen molar-refractivity contribution in [1.82, 2.24) is 4.90 Å². The molecule has 1 heterocycles. The number of carboxylic acid groups (broad SMARTS) is 1. The highest BCUT2D eigenvalue weighted by molar-refractivity contribution is 5.89. The van der Waals surface area contributed by atoms with Crippen LogP contribution in [0, 0.1) is 5.92 Å². The Bertz CT molecular complexity index is 317. The van der Waals surface area contributed by atoms with Crippen molar-refractivity contribution >= 4 is 11.9 Å². The monoisotopic (exact) mass is 242 g/mol. The molecule has 1 aliphatic rings. The highest BCUT2D eigenvalue weighted by Gasteiger charge is 2.46. The maximum atomic E-state index is 12.1. The fourth-order valence-electron chi connectivity index (χ4n) is 2.35. The molecule has 5 nitrogen and oxygen atoms in total. The molecular weight excluding hydrogens is 220 g/mol. The van der Waals surface area contributed by atoms with Gasteiger partial charge in [0.25, 0.3) is 0 Å². The van der Waals surface area contributed by atoms with Gasteiger partial charge in [0.1, 0.15) is 5.54 Å². The predicted octanol–water partition coefficient (Wildman–Crippen LogP) is 0.825. The number of nitrogens with two attached hydrogens (primary N) is 1. The van der Waals surface area contributed by atoms with Crippen molar-refractivity contribution in [2.24, 2.45) is 11.7 Å². The summed E-state index contributed by atoms with van der Waals surface area (Å²) in [5.41, 5.74) is 4.76. The maximum absolute atomic E-state index is 12.1. The van der Waals surface area contributed by atoms with E-state index in [4.69, 9.17) is 5.73 Å². The number of aliphatic carboxylic acids is 1. The van der Waals surface area contributed by atoms with E-state index < -0.39 is 17.6 Å². The first-order valence-electron chi connectivity index (χ1n) is 6.09. The smallest absolute Gasteiger partial charge is 0.329 e. The first kappa shape index (κ1) is 14.0. The van der Waals surface area contributed by atoms with Crippen LogP contribution in [0.5, 0.6) is 0 Å². The first-order chi connectivity index (χ1) is 7.79. The van der Waals surface area contributed by atoms with Crippen molar-refractivity contribution in [2.45, 2.75) is 51.6 Å². The fourth-order valence-corrected chi connectivity index (χ4v) is 2.35. The SMILES string of the molecule is CC(C)C[C@H](N)C(=O)N1CCCC1(C)C(=O)O. The lowest BCUT2D eigenvalue weighted by Crippen LogP contribution is -2.55. The van der Waals surface area contributed by atoms with Crippen molar-refractivity contribution in [2.75, 3.05) is 6.54 Å². The van der Waals surface area contributed by atoms with E-state index >= 15 is 0 Å². The molecule has 98 valence electrons. The second-order valence-corrected chi connectivity index (χ2v) is 5.41. The number of carbonyl (C=O) groups is 2. The van der Waals surface area contributed by atoms with Gasteiger partial charge in [-0.15, -0.1) is 0 Å². The van der Waals surface area contributed by atoms with Gasteiger partial charge in [0.2, 0.25) is 5.91 Å². The van der Waals surface area contributed by atoms with Crippen molar-refractivity contribution in [3.8, 4) is 0 Å². The number of rotatable bonds is 4. The Morgan fingerprint density at radius 1 is 1.47 bits per heavy atom. The van der Waals surface area contributed by atoms with Crippen LogP contribution in [0.2, 0.25) is 0 Å². The zero-order chi connectivity index (χ0) is 13.2. The van der Waals surface area contributed by atoms with Crippen LogP contribution in [0.25, 0.3) is 0 Å². The summed E-state index contributed by atoms with van der Waals surface area (Å²) >= 11 is 0. The van der Waals surface area contributed by atoms with E-state index in [1.54, 1.807) is 6.92 Å². The number of amides is 1. The molecule has 5 heteroatoms. The molecule has 1 saturated heterocycles. The van der Waals surface area contributed by atoms with E-state index in [0.29, 0.717) is 25.3 Å². The van der Waals surface area contributed by atoms with Gasteiger partial charge in [0, 0.05) is 6.54 Å². The van der Waals surface area contributed by atoms with Crippen molar-refractivity contribution < 1.29 is 14.7 Å². The molecule has 1 amide bonds. The third-order valence-corrected chi connectivity index (χ3v) is 3.41. The largest absolute Gasteiger partial charge is 0.480 e. The van der Waals surface area contributed by atoms with Crippen LogP contribution in [-0.4, -0.2) is 40.0 Å². The quantitative estimate of drug-likeness (QED) is 0.764. The molecule has 0 aromatic carbocycles. The number of nitrogens with zero attached hydrogens (tertiary/aromatic N) is 1. The molecule has 1 aliphatic heterocycles. The zero-order valence-corrected chi connectivity index (χ0v) is 10.8. The summed E-state index contributed by atoms with van der Waals surface area (Å²) in [6.45, 7) is 6.08. The molecule has 3 N–H and O–H groups in total. The van der Waals surface area contributed by atoms with Gasteiger partial charge < -0.3 is 15.7 Å². The molecule has 0 aliphatic carbocycles. The summed E-state index contributed by atoms with van der Waals surface area (Å²) in [6.07, 6.45) is 1.82. The molecule has 17 heavy (non-hydrogen) atoms. The van der Waals surface area contributed by atoms with Crippen LogP contribution in [0.15, 0.2) is 0 Å². The van der Waals surface area contributed by atoms with Gasteiger partial charge >= 0.3 is 5.97 Å². The molecule has 0 radical (unpaired) electrons. The normalized spacial score (nSPS) is 26.3. The summed E-state index contributed by atoms with van der Waals surface area (Å²) in [4.78, 5) is 24.8. The molecule has 1 rings (SSSR count). The van der Waals surface area contributed by atoms with Crippen LogP contribution in [0.3, 0.4) is 0 Å². The fraction of sp³-hybridized carbons (Fsp3) is 0.833. The average Bonchev–Trinajstić information content (AvgIpc) is 2.59. The van der Waals surface area contributed by atoms with Crippen LogP contribution >= 0.6 is 0 Å². The number of likely N-dealkylation sites (tertiary alicyclic amines) is 1. The summed E-state index contributed by atoms with van der Waals surface area (Å²) in [5, 5.41) is 9.22. The van der Waals surface area contributed by atoms with Gasteiger partial charge in [0.05, 0.1) is 6.04 Å². The summed E-state index contributed by atoms with van der Waals surface area (Å²) in [7, 11) is 0. The summed E-state index contributed by atoms with van der Waals surface area (Å²) in [5.74, 6) is -0.853. The maximum Gasteiger partial charge on any atom is 0.329 e. The number of carbonyl (C=O) groups excluding carboxylic acids is 1. The highest BCUT2D eigenvalue weighted by atomic mass is 16.4. The van der Waals surface area contributed by atoms with Crippen molar-refractivity contribution in [3.05, 3.63) is 0 Å². The Hall–Kier alpha value is -1.10. The van der Waals surface area contributed by atoms with Crippen LogP contribution in [0.1, 0.15) is 40.0 Å². The molecule has 2 atom stereocenters. The van der Waals surface area contributed by atoms with Crippen LogP contribution < -0.4 is 5.73 Å². The number of hydrogen-bond donors (Lipinski definition) is 2. The van der Waals surface area contributed by atoms with E-state index in [1.807, 2.05) is 13.8 Å². The van der Waals surface area contributed by atoms with Crippen molar-refractivity contribution in [1.29, 1.82) is 0 Å². The van der Waals surface area contributed by atoms with E-state index in [1.165, 1.54) is 4.90 Å². The minimum absolute atomic E-state index is 0.235. The molecule has 0 saturated carbocycles.